The summed E-state index contributed by atoms with van der Waals surface area (Å²) in [4.78, 5) is 38.3. The lowest BCUT2D eigenvalue weighted by Gasteiger charge is -2.32. The zero-order valence-electron chi connectivity index (χ0n) is 20.6. The van der Waals surface area contributed by atoms with Crippen LogP contribution in [0.4, 0.5) is 5.69 Å². The Hall–Kier alpha value is -3.61. The van der Waals surface area contributed by atoms with Gasteiger partial charge in [0.25, 0.3) is 11.5 Å². The number of nitrogens with zero attached hydrogens (tertiary/aromatic N) is 1. The van der Waals surface area contributed by atoms with Crippen LogP contribution >= 0.6 is 0 Å². The normalized spacial score (nSPS) is 14.7. The third-order valence-corrected chi connectivity index (χ3v) is 6.64. The first-order chi connectivity index (χ1) is 16.7. The molecule has 2 amide bonds. The molecule has 0 radical (unpaired) electrons. The number of rotatable bonds is 6. The number of aromatic nitrogens is 1. The van der Waals surface area contributed by atoms with Crippen molar-refractivity contribution < 1.29 is 14.1 Å². The van der Waals surface area contributed by atoms with Crippen molar-refractivity contribution in [3.8, 4) is 0 Å². The highest BCUT2D eigenvalue weighted by molar-refractivity contribution is 6.04. The molecule has 2 heterocycles. The molecule has 2 N–H and O–H groups in total. The Kier molecular flexibility index (Phi) is 7.24. The van der Waals surface area contributed by atoms with Crippen LogP contribution in [-0.2, 0) is 16.6 Å². The predicted octanol–water partition coefficient (Wildman–Crippen LogP) is 4.86. The minimum atomic E-state index is -0.286. The van der Waals surface area contributed by atoms with E-state index in [0.29, 0.717) is 43.2 Å². The SMILES string of the molecule is CC(C)(C)c1cccc(NC(=O)c2ccc(C3CCN(C(=O)CCc4cc(=O)[nH]o4)CC3)cc2)c1. The zero-order chi connectivity index (χ0) is 25.0. The lowest BCUT2D eigenvalue weighted by molar-refractivity contribution is -0.132. The quantitative estimate of drug-likeness (QED) is 0.532. The first-order valence-corrected chi connectivity index (χ1v) is 12.2. The predicted molar refractivity (Wildman–Crippen MR) is 136 cm³/mol. The fourth-order valence-corrected chi connectivity index (χ4v) is 4.47. The molecule has 0 atom stereocenters. The average Bonchev–Trinajstić information content (AvgIpc) is 3.27. The van der Waals surface area contributed by atoms with Crippen LogP contribution in [0.15, 0.2) is 63.9 Å². The molecule has 1 aromatic heterocycles. The molecule has 7 heteroatoms. The van der Waals surface area contributed by atoms with E-state index < -0.39 is 0 Å². The summed E-state index contributed by atoms with van der Waals surface area (Å²) in [5, 5.41) is 5.25. The molecule has 35 heavy (non-hydrogen) atoms. The van der Waals surface area contributed by atoms with Crippen LogP contribution in [0, 0.1) is 0 Å². The van der Waals surface area contributed by atoms with Crippen molar-refractivity contribution in [3.05, 3.63) is 87.4 Å². The maximum absolute atomic E-state index is 12.8. The van der Waals surface area contributed by atoms with Gasteiger partial charge < -0.3 is 14.7 Å². The van der Waals surface area contributed by atoms with Crippen molar-refractivity contribution in [3.63, 3.8) is 0 Å². The van der Waals surface area contributed by atoms with Gasteiger partial charge >= 0.3 is 0 Å². The first-order valence-electron chi connectivity index (χ1n) is 12.2. The van der Waals surface area contributed by atoms with Crippen LogP contribution < -0.4 is 10.9 Å². The zero-order valence-corrected chi connectivity index (χ0v) is 20.6. The Morgan fingerprint density at radius 2 is 1.77 bits per heavy atom. The second-order valence-corrected chi connectivity index (χ2v) is 10.2. The third-order valence-electron chi connectivity index (χ3n) is 6.64. The summed E-state index contributed by atoms with van der Waals surface area (Å²) in [6.45, 7) is 7.85. The maximum atomic E-state index is 12.8. The number of anilines is 1. The van der Waals surface area contributed by atoms with Gasteiger partial charge in [0.2, 0.25) is 5.91 Å². The van der Waals surface area contributed by atoms with Gasteiger partial charge in [-0.3, -0.25) is 14.4 Å². The number of benzene rings is 2. The molecule has 1 saturated heterocycles. The van der Waals surface area contributed by atoms with Gasteiger partial charge in [-0.2, -0.15) is 5.16 Å². The molecule has 0 unspecified atom stereocenters. The van der Waals surface area contributed by atoms with Crippen LogP contribution in [0.5, 0.6) is 0 Å². The number of amides is 2. The lowest BCUT2D eigenvalue weighted by Crippen LogP contribution is -2.38. The molecule has 1 aliphatic rings. The maximum Gasteiger partial charge on any atom is 0.280 e. The van der Waals surface area contributed by atoms with Crippen LogP contribution in [0.1, 0.15) is 73.2 Å². The molecular weight excluding hydrogens is 442 g/mol. The van der Waals surface area contributed by atoms with Crippen molar-refractivity contribution in [1.29, 1.82) is 0 Å². The van der Waals surface area contributed by atoms with Gasteiger partial charge in [0.1, 0.15) is 5.76 Å². The van der Waals surface area contributed by atoms with Crippen LogP contribution in [0.25, 0.3) is 0 Å². The van der Waals surface area contributed by atoms with Crippen molar-refractivity contribution in [2.45, 2.75) is 57.8 Å². The highest BCUT2D eigenvalue weighted by Crippen LogP contribution is 2.29. The highest BCUT2D eigenvalue weighted by Gasteiger charge is 2.24. The Labute approximate surface area is 205 Å². The van der Waals surface area contributed by atoms with Crippen LogP contribution in [0.3, 0.4) is 0 Å². The number of H-pyrrole nitrogens is 1. The van der Waals surface area contributed by atoms with Crippen LogP contribution in [0.2, 0.25) is 0 Å². The van der Waals surface area contributed by atoms with Crippen molar-refractivity contribution in [2.75, 3.05) is 18.4 Å². The number of hydrogen-bond acceptors (Lipinski definition) is 4. The summed E-state index contributed by atoms with van der Waals surface area (Å²) in [6, 6.07) is 17.2. The lowest BCUT2D eigenvalue weighted by atomic mass is 9.87. The minimum absolute atomic E-state index is 0.0163. The van der Waals surface area contributed by atoms with Crippen molar-refractivity contribution >= 4 is 17.5 Å². The molecule has 0 spiro atoms. The molecule has 1 aliphatic heterocycles. The first kappa shape index (κ1) is 24.5. The van der Waals surface area contributed by atoms with E-state index in [1.54, 1.807) is 0 Å². The van der Waals surface area contributed by atoms with Crippen molar-refractivity contribution in [2.24, 2.45) is 0 Å². The largest absolute Gasteiger partial charge is 0.384 e. The van der Waals surface area contributed by atoms with Gasteiger partial charge in [0.05, 0.1) is 0 Å². The summed E-state index contributed by atoms with van der Waals surface area (Å²) in [5.41, 5.74) is 3.51. The third kappa shape index (κ3) is 6.29. The van der Waals surface area contributed by atoms with Gasteiger partial charge in [-0.25, -0.2) is 0 Å². The number of aryl methyl sites for hydroxylation is 1. The summed E-state index contributed by atoms with van der Waals surface area (Å²) < 4.78 is 5.02. The second-order valence-electron chi connectivity index (χ2n) is 10.2. The topological polar surface area (TPSA) is 95.4 Å². The average molecular weight is 476 g/mol. The molecule has 0 aliphatic carbocycles. The van der Waals surface area contributed by atoms with Gasteiger partial charge in [0.15, 0.2) is 0 Å². The van der Waals surface area contributed by atoms with E-state index in [-0.39, 0.29) is 22.8 Å². The number of hydrogen-bond donors (Lipinski definition) is 2. The molecular formula is C28H33N3O4. The Morgan fingerprint density at radius 3 is 2.40 bits per heavy atom. The number of likely N-dealkylation sites (tertiary alicyclic amines) is 1. The van der Waals surface area contributed by atoms with E-state index in [4.69, 9.17) is 4.52 Å². The van der Waals surface area contributed by atoms with E-state index in [9.17, 15) is 14.4 Å². The summed E-state index contributed by atoms with van der Waals surface area (Å²) in [6.07, 6.45) is 2.52. The van der Waals surface area contributed by atoms with Crippen LogP contribution in [-0.4, -0.2) is 35.0 Å². The van der Waals surface area contributed by atoms with E-state index >= 15 is 0 Å². The van der Waals surface area contributed by atoms with Crippen molar-refractivity contribution in [1.82, 2.24) is 10.1 Å². The fraction of sp³-hybridized carbons (Fsp3) is 0.393. The Morgan fingerprint density at radius 1 is 1.06 bits per heavy atom. The summed E-state index contributed by atoms with van der Waals surface area (Å²) in [5.74, 6) is 0.822. The fourth-order valence-electron chi connectivity index (χ4n) is 4.47. The molecule has 3 aromatic rings. The number of nitrogens with one attached hydrogen (secondary N) is 2. The molecule has 184 valence electrons. The standard InChI is InChI=1S/C28H33N3O4/c1-28(2,3)22-5-4-6-23(17-22)29-27(34)21-9-7-19(8-10-21)20-13-15-31(16-14-20)26(33)12-11-24-18-25(32)30-35-24/h4-10,17-18,20H,11-16H2,1-3H3,(H,29,34)(H,30,32). The monoisotopic (exact) mass is 475 g/mol. The summed E-state index contributed by atoms with van der Waals surface area (Å²) in [7, 11) is 0. The smallest absolute Gasteiger partial charge is 0.280 e. The molecule has 1 fully saturated rings. The van der Waals surface area contributed by atoms with E-state index in [1.807, 2.05) is 47.4 Å². The number of carbonyl (C=O) groups excluding carboxylic acids is 2. The highest BCUT2D eigenvalue weighted by atomic mass is 16.5. The van der Waals surface area contributed by atoms with Gasteiger partial charge in [-0.1, -0.05) is 45.0 Å². The summed E-state index contributed by atoms with van der Waals surface area (Å²) >= 11 is 0. The minimum Gasteiger partial charge on any atom is -0.384 e. The molecule has 7 nitrogen and oxygen atoms in total. The number of piperidine rings is 1. The van der Waals surface area contributed by atoms with E-state index in [1.165, 1.54) is 17.2 Å². The molecule has 4 rings (SSSR count). The molecule has 2 aromatic carbocycles. The molecule has 0 bridgehead atoms. The van der Waals surface area contributed by atoms with Gasteiger partial charge in [-0.05, 0) is 59.6 Å². The van der Waals surface area contributed by atoms with Gasteiger partial charge in [-0.15, -0.1) is 0 Å². The number of carbonyl (C=O) groups is 2. The molecule has 0 saturated carbocycles. The van der Waals surface area contributed by atoms with E-state index in [2.05, 4.69) is 37.3 Å². The van der Waals surface area contributed by atoms with Gasteiger partial charge in [0, 0.05) is 43.2 Å². The second kappa shape index (κ2) is 10.3. The Balaban J connectivity index is 1.28. The number of aromatic amines is 1. The van der Waals surface area contributed by atoms with E-state index in [0.717, 1.165) is 18.5 Å². The Bertz CT molecular complexity index is 1230.